The van der Waals surface area contributed by atoms with Crippen LogP contribution in [-0.2, 0) is 9.59 Å². The van der Waals surface area contributed by atoms with Crippen molar-refractivity contribution in [3.05, 3.63) is 0 Å². The smallest absolute Gasteiger partial charge is 0.411 e. The Morgan fingerprint density at radius 3 is 1.21 bits per heavy atom. The van der Waals surface area contributed by atoms with Crippen molar-refractivity contribution < 1.29 is 29.4 Å². The van der Waals surface area contributed by atoms with E-state index in [9.17, 15) is 19.2 Å². The minimum Gasteiger partial charge on any atom is -0.465 e. The van der Waals surface area contributed by atoms with E-state index < -0.39 is 36.1 Å². The number of hydrogen-bond donors (Lipinski definition) is 6. The molecular weight excluding hydrogens is 368 g/mol. The average molecular weight is 402 g/mol. The Labute approximate surface area is 165 Å². The Morgan fingerprint density at radius 2 is 0.964 bits per heavy atom. The molecular formula is C18H34N4O6. The number of imide groups is 2. The Kier molecular flexibility index (Phi) is 12.8. The van der Waals surface area contributed by atoms with Gasteiger partial charge in [-0.3, -0.25) is 20.2 Å². The number of rotatable bonds is 13. The molecule has 2 unspecified atom stereocenters. The number of carbonyl (C=O) groups excluding carboxylic acids is 2. The summed E-state index contributed by atoms with van der Waals surface area (Å²) in [5.74, 6) is -1.17. The number of unbranched alkanes of at least 4 members (excludes halogenated alkanes) is 3. The average Bonchev–Trinajstić information content (AvgIpc) is 2.54. The monoisotopic (exact) mass is 402 g/mol. The Hall–Kier alpha value is -2.20. The van der Waals surface area contributed by atoms with Crippen LogP contribution in [0.4, 0.5) is 9.59 Å². The summed E-state index contributed by atoms with van der Waals surface area (Å²) in [6.07, 6.45) is 0.762. The molecule has 0 aromatic carbocycles. The third kappa shape index (κ3) is 11.5. The molecule has 0 aromatic rings. The van der Waals surface area contributed by atoms with Gasteiger partial charge < -0.3 is 20.8 Å². The predicted octanol–water partition coefficient (Wildman–Crippen LogP) is 1.36. The van der Waals surface area contributed by atoms with Crippen molar-refractivity contribution in [2.24, 2.45) is 11.8 Å². The maximum Gasteiger partial charge on any atom is 0.411 e. The first kappa shape index (κ1) is 25.8. The Morgan fingerprint density at radius 1 is 0.643 bits per heavy atom. The lowest BCUT2D eigenvalue weighted by Gasteiger charge is -2.21. The first-order valence-electron chi connectivity index (χ1n) is 9.60. The minimum absolute atomic E-state index is 0.0338. The third-order valence-electron chi connectivity index (χ3n) is 4.19. The fourth-order valence-electron chi connectivity index (χ4n) is 2.75. The summed E-state index contributed by atoms with van der Waals surface area (Å²) in [5.41, 5.74) is 0. The lowest BCUT2D eigenvalue weighted by molar-refractivity contribution is -0.124. The van der Waals surface area contributed by atoms with Crippen molar-refractivity contribution >= 4 is 24.0 Å². The van der Waals surface area contributed by atoms with E-state index >= 15 is 0 Å². The molecule has 0 spiro atoms. The highest BCUT2D eigenvalue weighted by atomic mass is 16.4. The largest absolute Gasteiger partial charge is 0.465 e. The molecule has 0 radical (unpaired) electrons. The van der Waals surface area contributed by atoms with Gasteiger partial charge in [0.25, 0.3) is 0 Å². The van der Waals surface area contributed by atoms with E-state index in [2.05, 4.69) is 10.6 Å². The number of amides is 4. The summed E-state index contributed by atoms with van der Waals surface area (Å²) in [6, 6.07) is -1.12. The first-order chi connectivity index (χ1) is 13.1. The molecule has 28 heavy (non-hydrogen) atoms. The summed E-state index contributed by atoms with van der Waals surface area (Å²) in [5, 5.41) is 27.2. The van der Waals surface area contributed by atoms with Crippen molar-refractivity contribution in [1.29, 1.82) is 0 Å². The summed E-state index contributed by atoms with van der Waals surface area (Å²) < 4.78 is 0. The van der Waals surface area contributed by atoms with Crippen molar-refractivity contribution in [1.82, 2.24) is 21.3 Å². The van der Waals surface area contributed by atoms with Crippen molar-refractivity contribution in [3.63, 3.8) is 0 Å². The second kappa shape index (κ2) is 13.9. The van der Waals surface area contributed by atoms with Gasteiger partial charge in [-0.15, -0.1) is 0 Å². The van der Waals surface area contributed by atoms with E-state index in [1.165, 1.54) is 0 Å². The Bertz CT molecular complexity index is 478. The van der Waals surface area contributed by atoms with Gasteiger partial charge in [0.15, 0.2) is 0 Å². The number of carboxylic acid groups (broad SMARTS) is 2. The molecule has 10 nitrogen and oxygen atoms in total. The quantitative estimate of drug-likeness (QED) is 0.252. The molecule has 2 atom stereocenters. The molecule has 10 heteroatoms. The van der Waals surface area contributed by atoms with Crippen molar-refractivity contribution in [2.75, 3.05) is 13.1 Å². The van der Waals surface area contributed by atoms with Gasteiger partial charge in [-0.25, -0.2) is 9.59 Å². The predicted molar refractivity (Wildman–Crippen MR) is 104 cm³/mol. The van der Waals surface area contributed by atoms with Gasteiger partial charge >= 0.3 is 12.2 Å². The van der Waals surface area contributed by atoms with Crippen LogP contribution in [0.25, 0.3) is 0 Å². The molecule has 4 amide bonds. The van der Waals surface area contributed by atoms with Crippen LogP contribution in [0.3, 0.4) is 0 Å². The van der Waals surface area contributed by atoms with Gasteiger partial charge in [-0.05, 0) is 37.8 Å². The van der Waals surface area contributed by atoms with Gasteiger partial charge in [0, 0.05) is 0 Å². The van der Waals surface area contributed by atoms with E-state index in [-0.39, 0.29) is 11.8 Å². The summed E-state index contributed by atoms with van der Waals surface area (Å²) in [6.45, 7) is 8.57. The lowest BCUT2D eigenvalue weighted by Crippen LogP contribution is -2.49. The zero-order valence-corrected chi connectivity index (χ0v) is 17.1. The zero-order valence-electron chi connectivity index (χ0n) is 17.1. The second-order valence-electron chi connectivity index (χ2n) is 7.35. The molecule has 0 aliphatic carbocycles. The first-order valence-corrected chi connectivity index (χ1v) is 9.60. The van der Waals surface area contributed by atoms with E-state index in [1.54, 1.807) is 0 Å². The van der Waals surface area contributed by atoms with E-state index in [0.717, 1.165) is 25.7 Å². The molecule has 0 bridgehead atoms. The highest BCUT2D eigenvalue weighted by molar-refractivity contribution is 5.94. The van der Waals surface area contributed by atoms with Crippen LogP contribution in [0.2, 0.25) is 0 Å². The summed E-state index contributed by atoms with van der Waals surface area (Å²) in [4.78, 5) is 44.8. The highest BCUT2D eigenvalue weighted by Crippen LogP contribution is 2.05. The van der Waals surface area contributed by atoms with Gasteiger partial charge in [0.05, 0.1) is 12.1 Å². The highest BCUT2D eigenvalue weighted by Gasteiger charge is 2.23. The van der Waals surface area contributed by atoms with Crippen molar-refractivity contribution in [2.45, 2.75) is 65.5 Å². The normalized spacial score (nSPS) is 13.2. The lowest BCUT2D eigenvalue weighted by atomic mass is 10.0. The maximum atomic E-state index is 11.8. The Balaban J connectivity index is 4.03. The molecule has 0 aliphatic rings. The molecule has 6 N–H and O–H groups in total. The summed E-state index contributed by atoms with van der Waals surface area (Å²) in [7, 11) is 0. The molecule has 0 heterocycles. The molecule has 0 aliphatic heterocycles. The molecule has 0 rings (SSSR count). The van der Waals surface area contributed by atoms with E-state index in [4.69, 9.17) is 10.2 Å². The third-order valence-corrected chi connectivity index (χ3v) is 4.19. The van der Waals surface area contributed by atoms with Crippen LogP contribution >= 0.6 is 0 Å². The molecule has 162 valence electrons. The van der Waals surface area contributed by atoms with Crippen molar-refractivity contribution in [3.8, 4) is 0 Å². The summed E-state index contributed by atoms with van der Waals surface area (Å²) >= 11 is 0. The minimum atomic E-state index is -1.36. The molecule has 0 aromatic heterocycles. The SMILES string of the molecule is CC(C)C(NCCCCCCNC(C(=O)NC(=O)O)C(C)C)C(=O)NC(=O)O. The van der Waals surface area contributed by atoms with Crippen LogP contribution in [-0.4, -0.2) is 59.4 Å². The molecule has 0 saturated carbocycles. The number of nitrogens with one attached hydrogen (secondary N) is 4. The van der Waals surface area contributed by atoms with Crippen LogP contribution in [0.5, 0.6) is 0 Å². The second-order valence-corrected chi connectivity index (χ2v) is 7.35. The fourth-order valence-corrected chi connectivity index (χ4v) is 2.75. The zero-order chi connectivity index (χ0) is 21.7. The number of hydrogen-bond acceptors (Lipinski definition) is 6. The van der Waals surface area contributed by atoms with Gasteiger partial charge in [-0.2, -0.15) is 0 Å². The van der Waals surface area contributed by atoms with E-state index in [1.807, 2.05) is 38.3 Å². The van der Waals surface area contributed by atoms with Crippen LogP contribution < -0.4 is 21.3 Å². The fraction of sp³-hybridized carbons (Fsp3) is 0.778. The molecule has 0 saturated heterocycles. The maximum absolute atomic E-state index is 11.8. The van der Waals surface area contributed by atoms with Crippen LogP contribution in [0.1, 0.15) is 53.4 Å². The van der Waals surface area contributed by atoms with Gasteiger partial charge in [-0.1, -0.05) is 40.5 Å². The number of carbonyl (C=O) groups is 4. The topological polar surface area (TPSA) is 157 Å². The van der Waals surface area contributed by atoms with Crippen LogP contribution in [0.15, 0.2) is 0 Å². The standard InChI is InChI=1S/C18H34N4O6/c1-11(2)13(15(23)21-17(25)26)19-9-7-5-6-8-10-20-14(12(3)4)16(24)22-18(27)28/h11-14,19-20H,5-10H2,1-4H3,(H,21,23)(H,22,24)(H,25,26)(H,27,28). The van der Waals surface area contributed by atoms with Gasteiger partial charge in [0.2, 0.25) is 11.8 Å². The molecule has 0 fully saturated rings. The van der Waals surface area contributed by atoms with E-state index in [0.29, 0.717) is 13.1 Å². The van der Waals surface area contributed by atoms with Crippen LogP contribution in [0, 0.1) is 11.8 Å². The van der Waals surface area contributed by atoms with Gasteiger partial charge in [0.1, 0.15) is 0 Å².